The van der Waals surface area contributed by atoms with Gasteiger partial charge in [0.25, 0.3) is 0 Å². The third kappa shape index (κ3) is 6.37. The number of amides is 2. The van der Waals surface area contributed by atoms with E-state index in [2.05, 4.69) is 27.5 Å². The molecule has 0 radical (unpaired) electrons. The van der Waals surface area contributed by atoms with Crippen LogP contribution in [0.2, 0.25) is 0 Å². The molecule has 0 bridgehead atoms. The van der Waals surface area contributed by atoms with Crippen LogP contribution in [0.3, 0.4) is 0 Å². The minimum absolute atomic E-state index is 0.107. The van der Waals surface area contributed by atoms with Gasteiger partial charge in [-0.2, -0.15) is 0 Å². The zero-order valence-corrected chi connectivity index (χ0v) is 22.1. The second kappa shape index (κ2) is 11.2. The summed E-state index contributed by atoms with van der Waals surface area (Å²) >= 11 is 0. The summed E-state index contributed by atoms with van der Waals surface area (Å²) in [6.07, 6.45) is 10.5. The molecule has 0 saturated carbocycles. The molecule has 3 aliphatic rings. The largest absolute Gasteiger partial charge is 0.384 e. The monoisotopic (exact) mass is 514 g/mol. The van der Waals surface area contributed by atoms with E-state index < -0.39 is 15.6 Å². The molecule has 1 atom stereocenters. The Hall–Kier alpha value is -2.65. The number of nitrogens with one attached hydrogen (secondary N) is 3. The van der Waals surface area contributed by atoms with Gasteiger partial charge in [0.2, 0.25) is 21.8 Å². The maximum absolute atomic E-state index is 13.3. The number of benzene rings is 1. The summed E-state index contributed by atoms with van der Waals surface area (Å²) in [5.41, 5.74) is 1.41. The summed E-state index contributed by atoms with van der Waals surface area (Å²) in [5.74, 6) is -0.455. The van der Waals surface area contributed by atoms with Crippen LogP contribution < -0.4 is 15.4 Å². The fraction of sp³-hybridized carbons (Fsp3) is 0.556. The normalized spacial score (nSPS) is 22.6. The lowest BCUT2D eigenvalue weighted by molar-refractivity contribution is -0.142. The highest BCUT2D eigenvalue weighted by Gasteiger charge is 2.38. The highest BCUT2D eigenvalue weighted by Crippen LogP contribution is 2.28. The number of nitrogens with zero attached hydrogens (tertiary/aromatic N) is 1. The molecule has 9 heteroatoms. The van der Waals surface area contributed by atoms with Crippen LogP contribution in [0, 0.1) is 5.92 Å². The third-order valence-electron chi connectivity index (χ3n) is 7.30. The summed E-state index contributed by atoms with van der Waals surface area (Å²) in [6, 6.07) is 8.07. The minimum atomic E-state index is -3.59. The first-order chi connectivity index (χ1) is 17.2. The van der Waals surface area contributed by atoms with Crippen LogP contribution in [0.5, 0.6) is 0 Å². The molecule has 1 fully saturated rings. The molecule has 196 valence electrons. The Morgan fingerprint density at radius 3 is 2.53 bits per heavy atom. The molecule has 1 unspecified atom stereocenters. The SMILES string of the molecule is CC(C)(NC(=O)C1CNC2=C(CCCC/C=C\2)C1)C(=O)N1CCC(NS(=O)(=O)c2ccccc2)CC1. The molecule has 2 aliphatic heterocycles. The van der Waals surface area contributed by atoms with Gasteiger partial charge in [0.1, 0.15) is 5.54 Å². The lowest BCUT2D eigenvalue weighted by Gasteiger charge is -2.38. The molecule has 0 aromatic heterocycles. The Kier molecular flexibility index (Phi) is 8.20. The molecule has 1 saturated heterocycles. The number of carbonyl (C=O) groups is 2. The molecule has 4 rings (SSSR count). The van der Waals surface area contributed by atoms with Crippen molar-refractivity contribution >= 4 is 21.8 Å². The molecular weight excluding hydrogens is 476 g/mol. The quantitative estimate of drug-likeness (QED) is 0.541. The number of carbonyl (C=O) groups excluding carboxylic acids is 2. The maximum Gasteiger partial charge on any atom is 0.247 e. The lowest BCUT2D eigenvalue weighted by Crippen LogP contribution is -2.59. The Labute approximate surface area is 214 Å². The van der Waals surface area contributed by atoms with Crippen molar-refractivity contribution in [1.82, 2.24) is 20.3 Å². The molecule has 3 N–H and O–H groups in total. The van der Waals surface area contributed by atoms with Gasteiger partial charge in [-0.3, -0.25) is 9.59 Å². The number of likely N-dealkylation sites (tertiary alicyclic amines) is 1. The van der Waals surface area contributed by atoms with Gasteiger partial charge in [0, 0.05) is 31.4 Å². The first-order valence-corrected chi connectivity index (χ1v) is 14.5. The van der Waals surface area contributed by atoms with Crippen LogP contribution in [0.15, 0.2) is 58.6 Å². The van der Waals surface area contributed by atoms with Crippen LogP contribution in [0.4, 0.5) is 0 Å². The minimum Gasteiger partial charge on any atom is -0.384 e. The topological polar surface area (TPSA) is 108 Å². The average Bonchev–Trinajstić information content (AvgIpc) is 2.84. The van der Waals surface area contributed by atoms with Crippen molar-refractivity contribution in [3.8, 4) is 0 Å². The fourth-order valence-electron chi connectivity index (χ4n) is 5.18. The molecule has 1 aromatic carbocycles. The summed E-state index contributed by atoms with van der Waals surface area (Å²) in [6.45, 7) is 4.93. The molecule has 2 amide bonds. The smallest absolute Gasteiger partial charge is 0.247 e. The summed E-state index contributed by atoms with van der Waals surface area (Å²) in [5, 5.41) is 6.41. The van der Waals surface area contributed by atoms with Gasteiger partial charge in [-0.15, -0.1) is 0 Å². The van der Waals surface area contributed by atoms with Gasteiger partial charge in [0.15, 0.2) is 0 Å². The van der Waals surface area contributed by atoms with E-state index in [0.717, 1.165) is 37.8 Å². The van der Waals surface area contributed by atoms with E-state index in [9.17, 15) is 18.0 Å². The van der Waals surface area contributed by atoms with E-state index in [1.165, 1.54) is 5.57 Å². The summed E-state index contributed by atoms with van der Waals surface area (Å²) < 4.78 is 28.0. The molecule has 36 heavy (non-hydrogen) atoms. The van der Waals surface area contributed by atoms with Crippen molar-refractivity contribution < 1.29 is 18.0 Å². The molecule has 1 aliphatic carbocycles. The summed E-state index contributed by atoms with van der Waals surface area (Å²) in [4.78, 5) is 28.4. The van der Waals surface area contributed by atoms with Crippen molar-refractivity contribution in [3.05, 3.63) is 53.8 Å². The van der Waals surface area contributed by atoms with E-state index in [1.807, 2.05) is 0 Å². The molecule has 8 nitrogen and oxygen atoms in total. The Balaban J connectivity index is 1.30. The number of piperidine rings is 1. The molecule has 0 spiro atoms. The van der Waals surface area contributed by atoms with Crippen molar-refractivity contribution in [2.75, 3.05) is 19.6 Å². The predicted molar refractivity (Wildman–Crippen MR) is 139 cm³/mol. The lowest BCUT2D eigenvalue weighted by atomic mass is 9.88. The first kappa shape index (κ1) is 26.4. The van der Waals surface area contributed by atoms with Gasteiger partial charge in [-0.05, 0) is 82.6 Å². The zero-order chi connectivity index (χ0) is 25.8. The number of hydrogen-bond acceptors (Lipinski definition) is 5. The standard InChI is InChI=1S/C27H38N4O4S/c1-27(2,29-25(32)21-18-20-10-6-3-4-9-13-24(20)28-19-21)26(33)31-16-14-22(15-17-31)30-36(34,35)23-11-7-5-8-12-23/h5,7-9,11-13,21-22,28,30H,3-4,6,10,14-19H2,1-2H3,(H,29,32)/b13-9-. The van der Waals surface area contributed by atoms with Crippen LogP contribution in [0.25, 0.3) is 0 Å². The zero-order valence-electron chi connectivity index (χ0n) is 21.3. The fourth-order valence-corrected chi connectivity index (χ4v) is 6.51. The number of sulfonamides is 1. The Bertz CT molecular complexity index is 1120. The second-order valence-electron chi connectivity index (χ2n) is 10.6. The number of allylic oxidation sites excluding steroid dienone is 3. The van der Waals surface area contributed by atoms with E-state index in [4.69, 9.17) is 0 Å². The Morgan fingerprint density at radius 1 is 1.08 bits per heavy atom. The number of hydrogen-bond donors (Lipinski definition) is 3. The second-order valence-corrected chi connectivity index (χ2v) is 12.3. The maximum atomic E-state index is 13.3. The highest BCUT2D eigenvalue weighted by molar-refractivity contribution is 7.89. The van der Waals surface area contributed by atoms with E-state index >= 15 is 0 Å². The first-order valence-electron chi connectivity index (χ1n) is 13.0. The van der Waals surface area contributed by atoms with E-state index in [-0.39, 0.29) is 28.7 Å². The van der Waals surface area contributed by atoms with Crippen molar-refractivity contribution in [3.63, 3.8) is 0 Å². The predicted octanol–water partition coefficient (Wildman–Crippen LogP) is 2.84. The number of rotatable bonds is 6. The van der Waals surface area contributed by atoms with Gasteiger partial charge in [-0.25, -0.2) is 13.1 Å². The van der Waals surface area contributed by atoms with Crippen LogP contribution >= 0.6 is 0 Å². The van der Waals surface area contributed by atoms with Crippen molar-refractivity contribution in [2.24, 2.45) is 5.92 Å². The van der Waals surface area contributed by atoms with Crippen LogP contribution in [0.1, 0.15) is 58.8 Å². The van der Waals surface area contributed by atoms with Gasteiger partial charge in [0.05, 0.1) is 10.8 Å². The van der Waals surface area contributed by atoms with E-state index in [0.29, 0.717) is 32.5 Å². The van der Waals surface area contributed by atoms with Gasteiger partial charge >= 0.3 is 0 Å². The van der Waals surface area contributed by atoms with E-state index in [1.54, 1.807) is 49.1 Å². The van der Waals surface area contributed by atoms with Crippen molar-refractivity contribution in [2.45, 2.75) is 75.3 Å². The summed E-state index contributed by atoms with van der Waals surface area (Å²) in [7, 11) is -3.59. The van der Waals surface area contributed by atoms with Crippen LogP contribution in [-0.4, -0.2) is 56.3 Å². The Morgan fingerprint density at radius 2 is 1.81 bits per heavy atom. The average molecular weight is 515 g/mol. The van der Waals surface area contributed by atoms with Gasteiger partial charge < -0.3 is 15.5 Å². The molecule has 2 heterocycles. The molecular formula is C27H38N4O4S. The molecule has 1 aromatic rings. The highest BCUT2D eigenvalue weighted by atomic mass is 32.2. The van der Waals surface area contributed by atoms with Gasteiger partial charge in [-0.1, -0.05) is 24.3 Å². The van der Waals surface area contributed by atoms with Crippen molar-refractivity contribution in [1.29, 1.82) is 0 Å². The van der Waals surface area contributed by atoms with Crippen LogP contribution in [-0.2, 0) is 19.6 Å². The third-order valence-corrected chi connectivity index (χ3v) is 8.83.